The van der Waals surface area contributed by atoms with Crippen LogP contribution in [0.5, 0.6) is 0 Å². The molecule has 0 saturated heterocycles. The lowest BCUT2D eigenvalue weighted by molar-refractivity contribution is -0.384. The van der Waals surface area contributed by atoms with Crippen LogP contribution in [-0.4, -0.2) is 16.1 Å². The van der Waals surface area contributed by atoms with Crippen molar-refractivity contribution in [2.24, 2.45) is 0 Å². The number of hydrogen-bond acceptors (Lipinski definition) is 5. The quantitative estimate of drug-likeness (QED) is 0.431. The van der Waals surface area contributed by atoms with Crippen LogP contribution in [0.1, 0.15) is 6.92 Å². The first-order valence-corrected chi connectivity index (χ1v) is 5.00. The van der Waals surface area contributed by atoms with Gasteiger partial charge in [-0.05, 0) is 19.1 Å². The van der Waals surface area contributed by atoms with Crippen LogP contribution >= 0.6 is 11.8 Å². The first-order chi connectivity index (χ1) is 7.00. The number of rotatable bonds is 4. The molecule has 0 radical (unpaired) electrons. The Morgan fingerprint density at radius 2 is 1.93 bits per heavy atom. The lowest BCUT2D eigenvalue weighted by atomic mass is 10.3. The summed E-state index contributed by atoms with van der Waals surface area (Å²) < 4.78 is 0. The molecule has 0 aliphatic heterocycles. The average Bonchev–Trinajstić information content (AvgIpc) is 2.18. The number of non-ortho nitro benzene ring substituents is 1. The summed E-state index contributed by atoms with van der Waals surface area (Å²) in [4.78, 5) is 20.9. The molecule has 0 amide bonds. The highest BCUT2D eigenvalue weighted by Gasteiger charge is 2.07. The summed E-state index contributed by atoms with van der Waals surface area (Å²) in [7, 11) is 0. The molecule has 15 heavy (non-hydrogen) atoms. The van der Waals surface area contributed by atoms with Gasteiger partial charge in [0.15, 0.2) is 0 Å². The minimum absolute atomic E-state index is 0.0135. The van der Waals surface area contributed by atoms with Crippen molar-refractivity contribution < 1.29 is 14.8 Å². The SMILES string of the molecule is CC(Sc1ccc([N+](=O)[O-])cc1)C(=O)[O-]. The Bertz CT molecular complexity index is 376. The van der Waals surface area contributed by atoms with E-state index in [0.717, 1.165) is 11.8 Å². The molecule has 80 valence electrons. The van der Waals surface area contributed by atoms with E-state index < -0.39 is 16.1 Å². The lowest BCUT2D eigenvalue weighted by Crippen LogP contribution is -2.31. The monoisotopic (exact) mass is 226 g/mol. The van der Waals surface area contributed by atoms with E-state index >= 15 is 0 Å². The van der Waals surface area contributed by atoms with Crippen LogP contribution in [0.4, 0.5) is 5.69 Å². The second kappa shape index (κ2) is 4.79. The molecule has 0 fully saturated rings. The standard InChI is InChI=1S/C9H9NO4S/c1-6(9(11)12)15-8-4-2-7(3-5-8)10(13)14/h2-6H,1H3,(H,11,12)/p-1. The highest BCUT2D eigenvalue weighted by molar-refractivity contribution is 8.00. The highest BCUT2D eigenvalue weighted by atomic mass is 32.2. The van der Waals surface area contributed by atoms with E-state index in [1.165, 1.54) is 31.2 Å². The van der Waals surface area contributed by atoms with Crippen molar-refractivity contribution >= 4 is 23.4 Å². The molecule has 1 aromatic carbocycles. The number of hydrogen-bond donors (Lipinski definition) is 0. The van der Waals surface area contributed by atoms with Gasteiger partial charge in [-0.2, -0.15) is 0 Å². The number of aliphatic carboxylic acids is 1. The second-order valence-corrected chi connectivity index (χ2v) is 4.24. The predicted octanol–water partition coefficient (Wildman–Crippen LogP) is 0.825. The largest absolute Gasteiger partial charge is 0.549 e. The van der Waals surface area contributed by atoms with E-state index in [9.17, 15) is 20.0 Å². The van der Waals surface area contributed by atoms with Gasteiger partial charge in [0.2, 0.25) is 0 Å². The van der Waals surface area contributed by atoms with Gasteiger partial charge in [0.25, 0.3) is 5.69 Å². The van der Waals surface area contributed by atoms with Crippen LogP contribution < -0.4 is 5.11 Å². The van der Waals surface area contributed by atoms with E-state index in [-0.39, 0.29) is 5.69 Å². The second-order valence-electron chi connectivity index (χ2n) is 2.83. The van der Waals surface area contributed by atoms with Crippen LogP contribution in [0.3, 0.4) is 0 Å². The van der Waals surface area contributed by atoms with Crippen LogP contribution in [0.25, 0.3) is 0 Å². The molecule has 1 rings (SSSR count). The zero-order valence-corrected chi connectivity index (χ0v) is 8.69. The van der Waals surface area contributed by atoms with Crippen molar-refractivity contribution in [3.63, 3.8) is 0 Å². The van der Waals surface area contributed by atoms with E-state index in [1.807, 2.05) is 0 Å². The van der Waals surface area contributed by atoms with Crippen molar-refractivity contribution in [3.8, 4) is 0 Å². The van der Waals surface area contributed by atoms with E-state index in [1.54, 1.807) is 0 Å². The Morgan fingerprint density at radius 3 is 2.33 bits per heavy atom. The van der Waals surface area contributed by atoms with E-state index in [2.05, 4.69) is 0 Å². The number of benzene rings is 1. The molecule has 5 nitrogen and oxygen atoms in total. The summed E-state index contributed by atoms with van der Waals surface area (Å²) in [6, 6.07) is 5.71. The van der Waals surface area contributed by atoms with Crippen LogP contribution in [0.2, 0.25) is 0 Å². The topological polar surface area (TPSA) is 83.3 Å². The molecule has 0 bridgehead atoms. The number of nitro groups is 1. The molecule has 0 saturated carbocycles. The summed E-state index contributed by atoms with van der Waals surface area (Å²) in [5, 5.41) is 20.1. The normalized spacial score (nSPS) is 12.1. The summed E-state index contributed by atoms with van der Waals surface area (Å²) in [6.45, 7) is 1.50. The number of carbonyl (C=O) groups is 1. The van der Waals surface area contributed by atoms with Gasteiger partial charge in [-0.3, -0.25) is 10.1 Å². The number of carboxylic acid groups (broad SMARTS) is 1. The third-order valence-corrected chi connectivity index (χ3v) is 2.78. The molecular formula is C9H8NO4S-. The third-order valence-electron chi connectivity index (χ3n) is 1.69. The summed E-state index contributed by atoms with van der Waals surface area (Å²) in [5.41, 5.74) is -0.0135. The average molecular weight is 226 g/mol. The Hall–Kier alpha value is -1.56. The maximum absolute atomic E-state index is 10.4. The first-order valence-electron chi connectivity index (χ1n) is 4.12. The predicted molar refractivity (Wildman–Crippen MR) is 53.4 cm³/mol. The van der Waals surface area contributed by atoms with Gasteiger partial charge in [-0.1, -0.05) is 0 Å². The molecule has 0 spiro atoms. The minimum atomic E-state index is -1.15. The fourth-order valence-electron chi connectivity index (χ4n) is 0.899. The Kier molecular flexibility index (Phi) is 3.68. The van der Waals surface area contributed by atoms with Gasteiger partial charge in [0.1, 0.15) is 0 Å². The molecule has 1 atom stereocenters. The van der Waals surface area contributed by atoms with E-state index in [4.69, 9.17) is 0 Å². The van der Waals surface area contributed by atoms with Crippen molar-refractivity contribution in [1.82, 2.24) is 0 Å². The van der Waals surface area contributed by atoms with E-state index in [0.29, 0.717) is 4.90 Å². The maximum atomic E-state index is 10.4. The summed E-state index contributed by atoms with van der Waals surface area (Å²) in [6.07, 6.45) is 0. The Labute approximate surface area is 90.3 Å². The molecule has 6 heteroatoms. The first kappa shape index (κ1) is 11.5. The molecule has 1 aromatic rings. The molecule has 0 aliphatic rings. The number of thioether (sulfide) groups is 1. The molecule has 0 aromatic heterocycles. The smallest absolute Gasteiger partial charge is 0.269 e. The summed E-state index contributed by atoms with van der Waals surface area (Å²) in [5.74, 6) is -1.15. The fourth-order valence-corrected chi connectivity index (χ4v) is 1.70. The van der Waals surface area contributed by atoms with Crippen molar-refractivity contribution in [1.29, 1.82) is 0 Å². The van der Waals surface area contributed by atoms with Crippen LogP contribution in [-0.2, 0) is 4.79 Å². The van der Waals surface area contributed by atoms with Gasteiger partial charge in [-0.25, -0.2) is 0 Å². The maximum Gasteiger partial charge on any atom is 0.269 e. The summed E-state index contributed by atoms with van der Waals surface area (Å²) >= 11 is 1.09. The van der Waals surface area contributed by atoms with Gasteiger partial charge in [0.05, 0.1) is 10.9 Å². The van der Waals surface area contributed by atoms with Crippen LogP contribution in [0.15, 0.2) is 29.2 Å². The lowest BCUT2D eigenvalue weighted by Gasteiger charge is -2.11. The molecule has 0 N–H and O–H groups in total. The highest BCUT2D eigenvalue weighted by Crippen LogP contribution is 2.24. The zero-order valence-electron chi connectivity index (χ0n) is 7.88. The molecule has 0 heterocycles. The molecule has 0 aliphatic carbocycles. The van der Waals surface area contributed by atoms with Crippen molar-refractivity contribution in [3.05, 3.63) is 34.4 Å². The molecule has 1 unspecified atom stereocenters. The minimum Gasteiger partial charge on any atom is -0.549 e. The van der Waals surface area contributed by atoms with Crippen LogP contribution in [0, 0.1) is 10.1 Å². The Balaban J connectivity index is 2.72. The number of nitrogens with zero attached hydrogens (tertiary/aromatic N) is 1. The Morgan fingerprint density at radius 1 is 1.40 bits per heavy atom. The fraction of sp³-hybridized carbons (Fsp3) is 0.222. The number of nitro benzene ring substituents is 1. The zero-order chi connectivity index (χ0) is 11.4. The van der Waals surface area contributed by atoms with Gasteiger partial charge < -0.3 is 9.90 Å². The van der Waals surface area contributed by atoms with Crippen molar-refractivity contribution in [2.75, 3.05) is 0 Å². The van der Waals surface area contributed by atoms with Gasteiger partial charge >= 0.3 is 0 Å². The molecular weight excluding hydrogens is 218 g/mol. The number of carboxylic acids is 1. The van der Waals surface area contributed by atoms with Gasteiger partial charge in [0, 0.05) is 22.3 Å². The number of carbonyl (C=O) groups excluding carboxylic acids is 1. The van der Waals surface area contributed by atoms with Crippen molar-refractivity contribution in [2.45, 2.75) is 17.1 Å². The third kappa shape index (κ3) is 3.25. The van der Waals surface area contributed by atoms with Gasteiger partial charge in [-0.15, -0.1) is 11.8 Å².